The average Bonchev–Trinajstić information content (AvgIpc) is 3.37. The van der Waals surface area contributed by atoms with E-state index < -0.39 is 12.1 Å². The molecule has 8 nitrogen and oxygen atoms in total. The van der Waals surface area contributed by atoms with Gasteiger partial charge in [0.05, 0.1) is 11.8 Å². The van der Waals surface area contributed by atoms with Crippen molar-refractivity contribution in [2.24, 2.45) is 7.05 Å². The van der Waals surface area contributed by atoms with Crippen LogP contribution in [0.25, 0.3) is 0 Å². The summed E-state index contributed by atoms with van der Waals surface area (Å²) >= 11 is 0. The number of halogens is 3. The molecular formula is C19H27F3N4O4. The summed E-state index contributed by atoms with van der Waals surface area (Å²) < 4.78 is 39.8. The Labute approximate surface area is 172 Å². The van der Waals surface area contributed by atoms with Crippen molar-refractivity contribution < 1.29 is 32.6 Å². The van der Waals surface area contributed by atoms with Gasteiger partial charge in [-0.05, 0) is 25.7 Å². The smallest absolute Gasteiger partial charge is 0.475 e. The van der Waals surface area contributed by atoms with Crippen LogP contribution in [0.4, 0.5) is 13.2 Å². The lowest BCUT2D eigenvalue weighted by molar-refractivity contribution is -0.192. The number of aryl methyl sites for hydroxylation is 1. The third kappa shape index (κ3) is 5.51. The summed E-state index contributed by atoms with van der Waals surface area (Å²) in [5.41, 5.74) is 1.21. The van der Waals surface area contributed by atoms with Crippen molar-refractivity contribution in [3.05, 3.63) is 18.0 Å². The van der Waals surface area contributed by atoms with Crippen molar-refractivity contribution in [1.82, 2.24) is 19.6 Å². The van der Waals surface area contributed by atoms with Crippen LogP contribution in [0.5, 0.6) is 0 Å². The van der Waals surface area contributed by atoms with Gasteiger partial charge in [0.1, 0.15) is 0 Å². The van der Waals surface area contributed by atoms with Crippen molar-refractivity contribution in [1.29, 1.82) is 0 Å². The molecule has 1 spiro atoms. The van der Waals surface area contributed by atoms with Crippen LogP contribution in [0.2, 0.25) is 0 Å². The van der Waals surface area contributed by atoms with Crippen LogP contribution < -0.4 is 0 Å². The number of likely N-dealkylation sites (tertiary alicyclic amines) is 2. The van der Waals surface area contributed by atoms with Gasteiger partial charge in [-0.2, -0.15) is 18.3 Å². The van der Waals surface area contributed by atoms with E-state index in [9.17, 15) is 18.0 Å². The summed E-state index contributed by atoms with van der Waals surface area (Å²) in [4.78, 5) is 25.5. The molecular weight excluding hydrogens is 405 g/mol. The number of carboxylic acid groups (broad SMARTS) is 1. The Morgan fingerprint density at radius 1 is 1.40 bits per heavy atom. The fraction of sp³-hybridized carbons (Fsp3) is 0.737. The third-order valence-electron chi connectivity index (χ3n) is 5.82. The quantitative estimate of drug-likeness (QED) is 0.784. The molecule has 3 aliphatic heterocycles. The second-order valence-electron chi connectivity index (χ2n) is 8.15. The number of ether oxygens (including phenoxy) is 1. The lowest BCUT2D eigenvalue weighted by Crippen LogP contribution is -2.50. The number of aromatic nitrogens is 2. The lowest BCUT2D eigenvalue weighted by atomic mass is 9.89. The first-order chi connectivity index (χ1) is 14.1. The number of hydrogen-bond donors (Lipinski definition) is 1. The first kappa shape index (κ1) is 22.5. The number of carbonyl (C=O) groups excluding carboxylic acids is 1. The number of nitrogens with zero attached hydrogens (tertiary/aromatic N) is 4. The predicted molar refractivity (Wildman–Crippen MR) is 99.4 cm³/mol. The highest BCUT2D eigenvalue weighted by Crippen LogP contribution is 2.37. The Hall–Kier alpha value is -2.14. The second kappa shape index (κ2) is 8.93. The zero-order valence-corrected chi connectivity index (χ0v) is 16.9. The van der Waals surface area contributed by atoms with Gasteiger partial charge in [-0.3, -0.25) is 14.4 Å². The molecule has 3 aliphatic rings. The van der Waals surface area contributed by atoms with Crippen LogP contribution in [0.1, 0.15) is 37.7 Å². The van der Waals surface area contributed by atoms with Crippen molar-refractivity contribution in [3.8, 4) is 0 Å². The van der Waals surface area contributed by atoms with Crippen LogP contribution in [0, 0.1) is 0 Å². The van der Waals surface area contributed by atoms with Crippen LogP contribution in [0.15, 0.2) is 12.4 Å². The lowest BCUT2D eigenvalue weighted by Gasteiger charge is -2.41. The summed E-state index contributed by atoms with van der Waals surface area (Å²) in [5.74, 6) is -2.41. The van der Waals surface area contributed by atoms with E-state index in [1.807, 2.05) is 17.9 Å². The van der Waals surface area contributed by atoms with Crippen molar-refractivity contribution in [2.45, 2.75) is 56.5 Å². The summed E-state index contributed by atoms with van der Waals surface area (Å²) in [6, 6.07) is 0.386. The highest BCUT2D eigenvalue weighted by atomic mass is 19.4. The number of carbonyl (C=O) groups is 2. The maximum Gasteiger partial charge on any atom is 0.490 e. The fourth-order valence-corrected chi connectivity index (χ4v) is 4.48. The van der Waals surface area contributed by atoms with Gasteiger partial charge in [-0.25, -0.2) is 4.79 Å². The number of alkyl halides is 3. The molecule has 3 fully saturated rings. The minimum Gasteiger partial charge on any atom is -0.475 e. The molecule has 0 bridgehead atoms. The van der Waals surface area contributed by atoms with Gasteiger partial charge in [-0.15, -0.1) is 0 Å². The highest BCUT2D eigenvalue weighted by Gasteiger charge is 2.45. The first-order valence-corrected chi connectivity index (χ1v) is 10.0. The van der Waals surface area contributed by atoms with Crippen molar-refractivity contribution in [2.75, 3.05) is 26.2 Å². The molecule has 1 N–H and O–H groups in total. The largest absolute Gasteiger partial charge is 0.490 e. The molecule has 2 atom stereocenters. The number of hydrogen-bond acceptors (Lipinski definition) is 5. The van der Waals surface area contributed by atoms with Gasteiger partial charge >= 0.3 is 12.1 Å². The SMILES string of the molecule is Cn1cc(CN2CC[C@@]3(C[C@@H](N4CCCC4=O)CCO3)C2)cn1.O=C(O)C(F)(F)F. The van der Waals surface area contributed by atoms with Gasteiger partial charge in [0.15, 0.2) is 0 Å². The van der Waals surface area contributed by atoms with E-state index in [1.165, 1.54) is 5.56 Å². The molecule has 1 aromatic rings. The Bertz CT molecular complexity index is 769. The monoisotopic (exact) mass is 432 g/mol. The molecule has 0 unspecified atom stereocenters. The van der Waals surface area contributed by atoms with Crippen LogP contribution >= 0.6 is 0 Å². The van der Waals surface area contributed by atoms with Gasteiger partial charge in [0.2, 0.25) is 5.91 Å². The Morgan fingerprint density at radius 3 is 2.70 bits per heavy atom. The van der Waals surface area contributed by atoms with E-state index in [1.54, 1.807) is 0 Å². The molecule has 168 valence electrons. The predicted octanol–water partition coefficient (Wildman–Crippen LogP) is 1.80. The standard InChI is InChI=1S/C17H26N4O2.C2HF3O2/c1-19-11-14(10-18-19)12-20-7-5-17(13-20)9-15(4-8-23-17)21-6-2-3-16(21)22;3-2(4,5)1(6)7/h10-11,15H,2-9,12-13H2,1H3;(H,6,7)/t15-,17+;/m0./s1. The maximum atomic E-state index is 12.1. The molecule has 0 aliphatic carbocycles. The Morgan fingerprint density at radius 2 is 2.13 bits per heavy atom. The van der Waals surface area contributed by atoms with Crippen molar-refractivity contribution >= 4 is 11.9 Å². The summed E-state index contributed by atoms with van der Waals surface area (Å²) in [6.45, 7) is 4.70. The molecule has 11 heteroatoms. The van der Waals surface area contributed by atoms with Gasteiger partial charge in [0, 0.05) is 64.1 Å². The van der Waals surface area contributed by atoms with Crippen LogP contribution in [0.3, 0.4) is 0 Å². The molecule has 3 saturated heterocycles. The van der Waals surface area contributed by atoms with E-state index >= 15 is 0 Å². The van der Waals surface area contributed by atoms with Gasteiger partial charge in [0.25, 0.3) is 0 Å². The average molecular weight is 432 g/mol. The zero-order chi connectivity index (χ0) is 21.9. The fourth-order valence-electron chi connectivity index (χ4n) is 4.48. The summed E-state index contributed by atoms with van der Waals surface area (Å²) in [7, 11) is 1.96. The number of carboxylic acids is 1. The molecule has 0 aromatic carbocycles. The zero-order valence-electron chi connectivity index (χ0n) is 16.9. The molecule has 4 rings (SSSR count). The van der Waals surface area contributed by atoms with Gasteiger partial charge in [-0.1, -0.05) is 0 Å². The molecule has 0 saturated carbocycles. The molecule has 30 heavy (non-hydrogen) atoms. The van der Waals surface area contributed by atoms with E-state index in [2.05, 4.69) is 21.1 Å². The van der Waals surface area contributed by atoms with E-state index in [0.717, 1.165) is 64.9 Å². The maximum absolute atomic E-state index is 12.1. The second-order valence-corrected chi connectivity index (χ2v) is 8.15. The molecule has 0 radical (unpaired) electrons. The number of aliphatic carboxylic acids is 1. The summed E-state index contributed by atoms with van der Waals surface area (Å²) in [6.07, 6.45) is 3.77. The highest BCUT2D eigenvalue weighted by molar-refractivity contribution is 5.78. The number of amides is 1. The third-order valence-corrected chi connectivity index (χ3v) is 5.82. The summed E-state index contributed by atoms with van der Waals surface area (Å²) in [5, 5.41) is 11.4. The Balaban J connectivity index is 0.000000318. The molecule has 1 aromatic heterocycles. The minimum atomic E-state index is -5.08. The minimum absolute atomic E-state index is 0.0476. The van der Waals surface area contributed by atoms with E-state index in [0.29, 0.717) is 11.9 Å². The molecule has 4 heterocycles. The first-order valence-electron chi connectivity index (χ1n) is 10.0. The van der Waals surface area contributed by atoms with Gasteiger partial charge < -0.3 is 14.7 Å². The van der Waals surface area contributed by atoms with Crippen LogP contribution in [-0.2, 0) is 27.9 Å². The van der Waals surface area contributed by atoms with Crippen LogP contribution in [-0.4, -0.2) is 80.6 Å². The Kier molecular flexibility index (Phi) is 6.71. The van der Waals surface area contributed by atoms with Crippen molar-refractivity contribution in [3.63, 3.8) is 0 Å². The van der Waals surface area contributed by atoms with E-state index in [4.69, 9.17) is 14.6 Å². The topological polar surface area (TPSA) is 87.9 Å². The number of rotatable bonds is 3. The molecule has 1 amide bonds. The van der Waals surface area contributed by atoms with E-state index in [-0.39, 0.29) is 5.60 Å². The normalized spacial score (nSPS) is 27.4.